The van der Waals surface area contributed by atoms with Crippen LogP contribution >= 0.6 is 35.3 Å². The second kappa shape index (κ2) is 13.8. The number of nitrogens with one attached hydrogen (secondary N) is 2. The summed E-state index contributed by atoms with van der Waals surface area (Å²) in [7, 11) is 3.50. The van der Waals surface area contributed by atoms with Crippen LogP contribution in [0.2, 0.25) is 0 Å². The number of ether oxygens (including phenoxy) is 2. The number of rotatable bonds is 10. The molecule has 2 N–H and O–H groups in total. The van der Waals surface area contributed by atoms with Gasteiger partial charge in [0.15, 0.2) is 5.96 Å². The summed E-state index contributed by atoms with van der Waals surface area (Å²) in [5, 5.41) is 11.0. The number of benzene rings is 1. The first-order valence-corrected chi connectivity index (χ1v) is 9.84. The molecule has 27 heavy (non-hydrogen) atoms. The van der Waals surface area contributed by atoms with E-state index in [4.69, 9.17) is 9.47 Å². The molecule has 150 valence electrons. The van der Waals surface area contributed by atoms with Crippen molar-refractivity contribution >= 4 is 41.3 Å². The summed E-state index contributed by atoms with van der Waals surface area (Å²) in [5.41, 5.74) is 3.66. The molecule has 1 aromatic heterocycles. The third-order valence-electron chi connectivity index (χ3n) is 3.93. The molecule has 0 aliphatic carbocycles. The van der Waals surface area contributed by atoms with E-state index in [0.29, 0.717) is 19.8 Å². The molecule has 0 saturated carbocycles. The molecule has 0 atom stereocenters. The van der Waals surface area contributed by atoms with Crippen molar-refractivity contribution in [2.75, 3.05) is 33.9 Å². The number of hydrogen-bond acceptors (Lipinski definition) is 4. The van der Waals surface area contributed by atoms with Crippen molar-refractivity contribution in [3.63, 3.8) is 0 Å². The van der Waals surface area contributed by atoms with Crippen LogP contribution in [-0.4, -0.2) is 39.9 Å². The van der Waals surface area contributed by atoms with Gasteiger partial charge in [-0.3, -0.25) is 4.99 Å². The van der Waals surface area contributed by atoms with Crippen molar-refractivity contribution in [3.8, 4) is 5.75 Å². The first-order valence-electron chi connectivity index (χ1n) is 8.89. The summed E-state index contributed by atoms with van der Waals surface area (Å²) in [6.07, 6.45) is 1.87. The largest absolute Gasteiger partial charge is 0.493 e. The Kier molecular flexibility index (Phi) is 12.1. The zero-order valence-electron chi connectivity index (χ0n) is 16.3. The van der Waals surface area contributed by atoms with Crippen LogP contribution < -0.4 is 15.4 Å². The minimum absolute atomic E-state index is 0. The van der Waals surface area contributed by atoms with Crippen LogP contribution in [0.4, 0.5) is 0 Å². The van der Waals surface area contributed by atoms with E-state index in [2.05, 4.69) is 57.6 Å². The van der Waals surface area contributed by atoms with Crippen LogP contribution in [0.3, 0.4) is 0 Å². The Morgan fingerprint density at radius 1 is 1.19 bits per heavy atom. The first kappa shape index (κ1) is 23.7. The van der Waals surface area contributed by atoms with Gasteiger partial charge in [-0.2, -0.15) is 11.3 Å². The predicted octanol–water partition coefficient (Wildman–Crippen LogP) is 4.00. The molecule has 2 rings (SSSR count). The van der Waals surface area contributed by atoms with E-state index in [1.165, 1.54) is 11.1 Å². The molecule has 0 bridgehead atoms. The summed E-state index contributed by atoms with van der Waals surface area (Å²) in [6, 6.07) is 8.44. The number of aliphatic imine (C=N–C) groups is 1. The molecule has 1 aromatic carbocycles. The molecule has 0 aliphatic rings. The lowest BCUT2D eigenvalue weighted by Crippen LogP contribution is -2.37. The smallest absolute Gasteiger partial charge is 0.191 e. The fourth-order valence-corrected chi connectivity index (χ4v) is 3.19. The van der Waals surface area contributed by atoms with Gasteiger partial charge in [-0.25, -0.2) is 0 Å². The summed E-state index contributed by atoms with van der Waals surface area (Å²) in [5.74, 6) is 1.72. The fraction of sp³-hybridized carbons (Fsp3) is 0.450. The first-order chi connectivity index (χ1) is 12.7. The van der Waals surface area contributed by atoms with E-state index in [0.717, 1.165) is 36.7 Å². The highest BCUT2D eigenvalue weighted by Crippen LogP contribution is 2.20. The lowest BCUT2D eigenvalue weighted by molar-refractivity contribution is 0.172. The van der Waals surface area contributed by atoms with E-state index in [-0.39, 0.29) is 24.0 Å². The maximum Gasteiger partial charge on any atom is 0.191 e. The highest BCUT2D eigenvalue weighted by molar-refractivity contribution is 14.0. The van der Waals surface area contributed by atoms with Crippen LogP contribution in [0.25, 0.3) is 0 Å². The minimum Gasteiger partial charge on any atom is -0.493 e. The van der Waals surface area contributed by atoms with Crippen molar-refractivity contribution in [2.45, 2.75) is 26.3 Å². The zero-order valence-corrected chi connectivity index (χ0v) is 19.4. The second-order valence-electron chi connectivity index (χ2n) is 6.04. The molecule has 0 amide bonds. The average Bonchev–Trinajstić information content (AvgIpc) is 3.16. The highest BCUT2D eigenvalue weighted by Gasteiger charge is 2.06. The summed E-state index contributed by atoms with van der Waals surface area (Å²) < 4.78 is 11.0. The Bertz CT molecular complexity index is 678. The van der Waals surface area contributed by atoms with Gasteiger partial charge >= 0.3 is 0 Å². The van der Waals surface area contributed by atoms with Gasteiger partial charge in [-0.1, -0.05) is 12.1 Å². The van der Waals surface area contributed by atoms with Gasteiger partial charge in [0.05, 0.1) is 6.61 Å². The summed E-state index contributed by atoms with van der Waals surface area (Å²) in [4.78, 5) is 4.30. The SMILES string of the molecule is CN=C(NCCc1ccsc1)NCc1ccc(C)cc1OCCCOC.I. The van der Waals surface area contributed by atoms with Crippen molar-refractivity contribution in [1.82, 2.24) is 10.6 Å². The minimum atomic E-state index is 0. The van der Waals surface area contributed by atoms with Gasteiger partial charge in [-0.05, 0) is 47.4 Å². The number of halogens is 1. The van der Waals surface area contributed by atoms with Gasteiger partial charge in [0.2, 0.25) is 0 Å². The number of nitrogens with zero attached hydrogens (tertiary/aromatic N) is 1. The molecule has 1 heterocycles. The van der Waals surface area contributed by atoms with Crippen LogP contribution in [0.1, 0.15) is 23.1 Å². The van der Waals surface area contributed by atoms with Crippen molar-refractivity contribution < 1.29 is 9.47 Å². The number of hydrogen-bond donors (Lipinski definition) is 2. The quantitative estimate of drug-likeness (QED) is 0.223. The van der Waals surface area contributed by atoms with Crippen LogP contribution in [0.15, 0.2) is 40.0 Å². The standard InChI is InChI=1S/C20H29N3O2S.HI/c1-16-5-6-18(19(13-16)25-11-4-10-24-3)14-23-20(21-2)22-9-7-17-8-12-26-15-17;/h5-6,8,12-13,15H,4,7,9-11,14H2,1-3H3,(H2,21,22,23);1H. The number of aryl methyl sites for hydroxylation is 1. The molecule has 0 unspecified atom stereocenters. The lowest BCUT2D eigenvalue weighted by Gasteiger charge is -2.15. The van der Waals surface area contributed by atoms with Gasteiger partial charge in [0.25, 0.3) is 0 Å². The molecule has 2 aromatic rings. The summed E-state index contributed by atoms with van der Waals surface area (Å²) >= 11 is 1.73. The topological polar surface area (TPSA) is 54.9 Å². The maximum absolute atomic E-state index is 5.94. The van der Waals surface area contributed by atoms with E-state index in [1.54, 1.807) is 25.5 Å². The van der Waals surface area contributed by atoms with Gasteiger partial charge in [0.1, 0.15) is 5.75 Å². The third-order valence-corrected chi connectivity index (χ3v) is 4.66. The Morgan fingerprint density at radius 3 is 2.74 bits per heavy atom. The molecule has 0 spiro atoms. The molecular weight excluding hydrogens is 473 g/mol. The van der Waals surface area contributed by atoms with Crippen LogP contribution in [0.5, 0.6) is 5.75 Å². The fourth-order valence-electron chi connectivity index (χ4n) is 2.49. The van der Waals surface area contributed by atoms with Crippen LogP contribution in [0, 0.1) is 6.92 Å². The van der Waals surface area contributed by atoms with E-state index in [1.807, 2.05) is 0 Å². The van der Waals surface area contributed by atoms with Gasteiger partial charge in [0, 0.05) is 45.8 Å². The van der Waals surface area contributed by atoms with E-state index < -0.39 is 0 Å². The Balaban J connectivity index is 0.00000364. The maximum atomic E-state index is 5.94. The van der Waals surface area contributed by atoms with Crippen molar-refractivity contribution in [2.24, 2.45) is 4.99 Å². The molecular formula is C20H30IN3O2S. The average molecular weight is 503 g/mol. The molecule has 0 saturated heterocycles. The Hall–Kier alpha value is -1.32. The number of methoxy groups -OCH3 is 1. The lowest BCUT2D eigenvalue weighted by atomic mass is 10.1. The molecule has 7 heteroatoms. The van der Waals surface area contributed by atoms with Crippen molar-refractivity contribution in [3.05, 3.63) is 51.7 Å². The second-order valence-corrected chi connectivity index (χ2v) is 6.82. The molecule has 0 aliphatic heterocycles. The van der Waals surface area contributed by atoms with Gasteiger partial charge in [-0.15, -0.1) is 24.0 Å². The van der Waals surface area contributed by atoms with Gasteiger partial charge < -0.3 is 20.1 Å². The van der Waals surface area contributed by atoms with E-state index >= 15 is 0 Å². The highest BCUT2D eigenvalue weighted by atomic mass is 127. The Labute approximate surface area is 183 Å². The zero-order chi connectivity index (χ0) is 18.6. The third kappa shape index (κ3) is 8.94. The summed E-state index contributed by atoms with van der Waals surface area (Å²) in [6.45, 7) is 4.95. The number of thiophene rings is 1. The Morgan fingerprint density at radius 2 is 2.04 bits per heavy atom. The molecule has 0 radical (unpaired) electrons. The normalized spacial score (nSPS) is 11.0. The number of guanidine groups is 1. The predicted molar refractivity (Wildman–Crippen MR) is 125 cm³/mol. The van der Waals surface area contributed by atoms with Crippen molar-refractivity contribution in [1.29, 1.82) is 0 Å². The molecule has 5 nitrogen and oxygen atoms in total. The van der Waals surface area contributed by atoms with E-state index in [9.17, 15) is 0 Å². The van der Waals surface area contributed by atoms with Crippen LogP contribution in [-0.2, 0) is 17.7 Å². The monoisotopic (exact) mass is 503 g/mol. The molecule has 0 fully saturated rings.